The number of aliphatic hydroxyl groups is 1. The van der Waals surface area contributed by atoms with Crippen molar-refractivity contribution < 1.29 is 24.2 Å². The van der Waals surface area contributed by atoms with Gasteiger partial charge in [0.25, 0.3) is 0 Å². The predicted molar refractivity (Wildman–Crippen MR) is 121 cm³/mol. The second kappa shape index (κ2) is 11.6. The van der Waals surface area contributed by atoms with E-state index in [-0.39, 0.29) is 18.3 Å². The molecule has 0 saturated carbocycles. The molecule has 0 spiro atoms. The van der Waals surface area contributed by atoms with Crippen LogP contribution in [0.25, 0.3) is 0 Å². The minimum Gasteiger partial charge on any atom is -0.493 e. The molecule has 172 valence electrons. The Morgan fingerprint density at radius 3 is 2.44 bits per heavy atom. The summed E-state index contributed by atoms with van der Waals surface area (Å²) in [7, 11) is 3.07. The zero-order valence-electron chi connectivity index (χ0n) is 18.3. The van der Waals surface area contributed by atoms with Crippen LogP contribution in [0.2, 0.25) is 0 Å². The van der Waals surface area contributed by atoms with E-state index in [1.54, 1.807) is 49.4 Å². The molecule has 0 radical (unpaired) electrons. The quantitative estimate of drug-likeness (QED) is 0.219. The minimum absolute atomic E-state index is 0.113. The van der Waals surface area contributed by atoms with E-state index in [1.807, 2.05) is 0 Å². The minimum atomic E-state index is -0.988. The summed E-state index contributed by atoms with van der Waals surface area (Å²) in [4.78, 5) is 24.9. The molecule has 2 aromatic carbocycles. The summed E-state index contributed by atoms with van der Waals surface area (Å²) in [5.74, 6) is 0.0854. The van der Waals surface area contributed by atoms with Gasteiger partial charge in [0.15, 0.2) is 11.5 Å². The number of carbonyl (C=O) groups is 2. The topological polar surface area (TPSA) is 159 Å². The van der Waals surface area contributed by atoms with Crippen LogP contribution in [0.15, 0.2) is 42.5 Å². The molecule has 0 fully saturated rings. The lowest BCUT2D eigenvalue weighted by Gasteiger charge is -2.21. The summed E-state index contributed by atoms with van der Waals surface area (Å²) >= 11 is 0. The van der Waals surface area contributed by atoms with Gasteiger partial charge in [0.2, 0.25) is 11.8 Å². The molecule has 2 atom stereocenters. The number of anilines is 1. The number of ether oxygens (including phenoxy) is 2. The van der Waals surface area contributed by atoms with Crippen LogP contribution in [0, 0.1) is 5.41 Å². The number of carbonyl (C=O) groups excluding carboxylic acids is 2. The van der Waals surface area contributed by atoms with Crippen molar-refractivity contribution in [1.82, 2.24) is 10.6 Å². The molecular weight excluding hydrogens is 414 g/mol. The van der Waals surface area contributed by atoms with Crippen LogP contribution in [0.1, 0.15) is 18.1 Å². The number of hydrogen-bond acceptors (Lipinski definition) is 7. The standard InChI is InChI=1S/C22H29N5O5/c1-13(21(29)25-11-14-7-8-18(31-2)19(9-14)32-3)26-22(30)17(12-28)27-16-6-4-5-15(10-16)20(23)24/h4-10,13,17,27-28H,11-12H2,1-3H3,(H3,23,24)(H,25,29)(H,26,30). The molecule has 2 rings (SSSR count). The fourth-order valence-electron chi connectivity index (χ4n) is 2.88. The molecule has 0 bridgehead atoms. The molecule has 0 saturated heterocycles. The number of aliphatic hydroxyl groups excluding tert-OH is 1. The van der Waals surface area contributed by atoms with E-state index in [4.69, 9.17) is 20.6 Å². The van der Waals surface area contributed by atoms with Crippen LogP contribution in [-0.2, 0) is 16.1 Å². The average molecular weight is 444 g/mol. The van der Waals surface area contributed by atoms with Crippen LogP contribution in [0.3, 0.4) is 0 Å². The lowest BCUT2D eigenvalue weighted by molar-refractivity contribution is -0.129. The van der Waals surface area contributed by atoms with Crippen molar-refractivity contribution in [2.75, 3.05) is 26.1 Å². The zero-order valence-corrected chi connectivity index (χ0v) is 18.3. The molecule has 0 aromatic heterocycles. The van der Waals surface area contributed by atoms with Crippen molar-refractivity contribution >= 4 is 23.3 Å². The largest absolute Gasteiger partial charge is 0.493 e. The molecule has 0 heterocycles. The van der Waals surface area contributed by atoms with E-state index in [1.165, 1.54) is 14.2 Å². The second-order valence-corrected chi connectivity index (χ2v) is 7.01. The Kier molecular flexibility index (Phi) is 8.84. The van der Waals surface area contributed by atoms with Crippen molar-refractivity contribution in [2.45, 2.75) is 25.6 Å². The summed E-state index contributed by atoms with van der Waals surface area (Å²) < 4.78 is 10.4. The van der Waals surface area contributed by atoms with Crippen LogP contribution in [0.4, 0.5) is 5.69 Å². The van der Waals surface area contributed by atoms with Crippen molar-refractivity contribution in [2.24, 2.45) is 5.73 Å². The predicted octanol–water partition coefficient (Wildman–Crippen LogP) is 0.582. The van der Waals surface area contributed by atoms with E-state index < -0.39 is 24.6 Å². The van der Waals surface area contributed by atoms with E-state index in [0.29, 0.717) is 22.7 Å². The van der Waals surface area contributed by atoms with Gasteiger partial charge in [-0.15, -0.1) is 0 Å². The van der Waals surface area contributed by atoms with Crippen LogP contribution >= 0.6 is 0 Å². The number of amides is 2. The van der Waals surface area contributed by atoms with Gasteiger partial charge in [0.1, 0.15) is 17.9 Å². The molecule has 2 unspecified atom stereocenters. The third kappa shape index (κ3) is 6.61. The monoisotopic (exact) mass is 443 g/mol. The fraction of sp³-hybridized carbons (Fsp3) is 0.318. The van der Waals surface area contributed by atoms with E-state index in [9.17, 15) is 14.7 Å². The lowest BCUT2D eigenvalue weighted by Crippen LogP contribution is -2.50. The third-order valence-electron chi connectivity index (χ3n) is 4.68. The molecule has 0 aliphatic rings. The molecule has 0 aliphatic heterocycles. The number of methoxy groups -OCH3 is 2. The highest BCUT2D eigenvalue weighted by Gasteiger charge is 2.22. The Balaban J connectivity index is 1.93. The van der Waals surface area contributed by atoms with Gasteiger partial charge in [0.05, 0.1) is 20.8 Å². The Morgan fingerprint density at radius 1 is 1.09 bits per heavy atom. The molecule has 10 heteroatoms. The summed E-state index contributed by atoms with van der Waals surface area (Å²) in [6.45, 7) is 1.29. The highest BCUT2D eigenvalue weighted by molar-refractivity contribution is 5.96. The number of hydrogen-bond donors (Lipinski definition) is 6. The summed E-state index contributed by atoms with van der Waals surface area (Å²) in [5, 5.41) is 25.3. The number of nitrogens with one attached hydrogen (secondary N) is 4. The highest BCUT2D eigenvalue weighted by Crippen LogP contribution is 2.27. The highest BCUT2D eigenvalue weighted by atomic mass is 16.5. The molecule has 2 amide bonds. The number of benzene rings is 2. The fourth-order valence-corrected chi connectivity index (χ4v) is 2.88. The average Bonchev–Trinajstić information content (AvgIpc) is 2.80. The normalized spacial score (nSPS) is 12.2. The van der Waals surface area contributed by atoms with Crippen molar-refractivity contribution in [3.63, 3.8) is 0 Å². The Bertz CT molecular complexity index is 965. The number of nitrogen functional groups attached to an aromatic ring is 1. The Hall–Kier alpha value is -3.79. The maximum absolute atomic E-state index is 12.5. The van der Waals surface area contributed by atoms with Gasteiger partial charge >= 0.3 is 0 Å². The maximum Gasteiger partial charge on any atom is 0.245 e. The van der Waals surface area contributed by atoms with Crippen molar-refractivity contribution in [3.05, 3.63) is 53.6 Å². The molecular formula is C22H29N5O5. The summed E-state index contributed by atoms with van der Waals surface area (Å²) in [5.41, 5.74) is 7.27. The van der Waals surface area contributed by atoms with Crippen molar-refractivity contribution in [1.29, 1.82) is 5.41 Å². The van der Waals surface area contributed by atoms with Crippen LogP contribution in [0.5, 0.6) is 11.5 Å². The SMILES string of the molecule is COc1ccc(CNC(=O)C(C)NC(=O)C(CO)Nc2cccc(C(=N)N)c2)cc1OC. The van der Waals surface area contributed by atoms with Gasteiger partial charge in [-0.1, -0.05) is 18.2 Å². The Morgan fingerprint density at radius 2 is 1.81 bits per heavy atom. The van der Waals surface area contributed by atoms with Gasteiger partial charge in [-0.25, -0.2) is 0 Å². The smallest absolute Gasteiger partial charge is 0.245 e. The van der Waals surface area contributed by atoms with Gasteiger partial charge in [-0.3, -0.25) is 15.0 Å². The Labute approximate surface area is 186 Å². The first-order valence-corrected chi connectivity index (χ1v) is 9.89. The molecule has 10 nitrogen and oxygen atoms in total. The van der Waals surface area contributed by atoms with Gasteiger partial charge in [-0.05, 0) is 36.8 Å². The summed E-state index contributed by atoms with van der Waals surface area (Å²) in [6, 6.07) is 10.1. The van der Waals surface area contributed by atoms with Gasteiger partial charge in [-0.2, -0.15) is 0 Å². The first kappa shape index (κ1) is 24.5. The van der Waals surface area contributed by atoms with E-state index in [0.717, 1.165) is 5.56 Å². The van der Waals surface area contributed by atoms with Crippen LogP contribution < -0.4 is 31.2 Å². The number of nitrogens with two attached hydrogens (primary N) is 1. The summed E-state index contributed by atoms with van der Waals surface area (Å²) in [6.07, 6.45) is 0. The second-order valence-electron chi connectivity index (χ2n) is 7.01. The molecule has 2 aromatic rings. The number of amidine groups is 1. The molecule has 32 heavy (non-hydrogen) atoms. The molecule has 0 aliphatic carbocycles. The van der Waals surface area contributed by atoms with Crippen molar-refractivity contribution in [3.8, 4) is 11.5 Å². The van der Waals surface area contributed by atoms with E-state index in [2.05, 4.69) is 16.0 Å². The van der Waals surface area contributed by atoms with E-state index >= 15 is 0 Å². The third-order valence-corrected chi connectivity index (χ3v) is 4.68. The number of rotatable bonds is 11. The zero-order chi connectivity index (χ0) is 23.7. The molecule has 7 N–H and O–H groups in total. The first-order chi connectivity index (χ1) is 15.3. The van der Waals surface area contributed by atoms with Gasteiger partial charge in [0, 0.05) is 17.8 Å². The lowest BCUT2D eigenvalue weighted by atomic mass is 10.1. The first-order valence-electron chi connectivity index (χ1n) is 9.89. The van der Waals surface area contributed by atoms with Crippen LogP contribution in [-0.4, -0.2) is 55.7 Å². The van der Waals surface area contributed by atoms with Gasteiger partial charge < -0.3 is 36.3 Å². The maximum atomic E-state index is 12.5.